The highest BCUT2D eigenvalue weighted by Crippen LogP contribution is 2.46. The van der Waals surface area contributed by atoms with E-state index in [-0.39, 0.29) is 17.4 Å². The highest BCUT2D eigenvalue weighted by atomic mass is 16.2. The number of hydrogen-bond donors (Lipinski definition) is 1. The Morgan fingerprint density at radius 2 is 1.75 bits per heavy atom. The third-order valence-corrected chi connectivity index (χ3v) is 4.71. The van der Waals surface area contributed by atoms with Gasteiger partial charge in [0, 0.05) is 18.0 Å². The van der Waals surface area contributed by atoms with Gasteiger partial charge in [0.25, 0.3) is 0 Å². The van der Waals surface area contributed by atoms with Gasteiger partial charge in [-0.2, -0.15) is 0 Å². The van der Waals surface area contributed by atoms with Crippen LogP contribution in [0, 0.1) is 17.3 Å². The van der Waals surface area contributed by atoms with Gasteiger partial charge in [-0.3, -0.25) is 4.79 Å². The average molecular weight is 224 g/mol. The van der Waals surface area contributed by atoms with Gasteiger partial charge in [-0.25, -0.2) is 0 Å². The van der Waals surface area contributed by atoms with Crippen LogP contribution >= 0.6 is 0 Å². The minimum Gasteiger partial charge on any atom is -0.338 e. The summed E-state index contributed by atoms with van der Waals surface area (Å²) in [6.07, 6.45) is 2.34. The summed E-state index contributed by atoms with van der Waals surface area (Å²) in [5.41, 5.74) is 6.20. The predicted octanol–water partition coefficient (Wildman–Crippen LogP) is 1.62. The fourth-order valence-corrected chi connectivity index (χ4v) is 3.33. The van der Waals surface area contributed by atoms with Crippen LogP contribution in [0.4, 0.5) is 0 Å². The molecule has 2 rings (SSSR count). The summed E-state index contributed by atoms with van der Waals surface area (Å²) in [7, 11) is 0. The number of hydrogen-bond acceptors (Lipinski definition) is 2. The van der Waals surface area contributed by atoms with Crippen LogP contribution in [0.3, 0.4) is 0 Å². The van der Waals surface area contributed by atoms with Crippen LogP contribution in [0.2, 0.25) is 0 Å². The molecule has 1 heterocycles. The molecule has 1 saturated heterocycles. The Labute approximate surface area is 98.4 Å². The second-order valence-corrected chi connectivity index (χ2v) is 6.10. The molecular weight excluding hydrogens is 200 g/mol. The van der Waals surface area contributed by atoms with Crippen LogP contribution < -0.4 is 5.73 Å². The smallest absolute Gasteiger partial charge is 0.240 e. The number of nitrogens with two attached hydrogens (primary N) is 1. The lowest BCUT2D eigenvalue weighted by Crippen LogP contribution is -2.49. The molecule has 2 aliphatic rings. The zero-order valence-electron chi connectivity index (χ0n) is 10.9. The van der Waals surface area contributed by atoms with Crippen molar-refractivity contribution in [3.05, 3.63) is 0 Å². The molecule has 1 saturated carbocycles. The van der Waals surface area contributed by atoms with E-state index in [0.29, 0.717) is 17.9 Å². The highest BCUT2D eigenvalue weighted by molar-refractivity contribution is 5.86. The van der Waals surface area contributed by atoms with Gasteiger partial charge in [-0.1, -0.05) is 27.7 Å². The second-order valence-electron chi connectivity index (χ2n) is 6.10. The van der Waals surface area contributed by atoms with Gasteiger partial charge in [0.1, 0.15) is 0 Å². The van der Waals surface area contributed by atoms with E-state index in [1.54, 1.807) is 0 Å². The summed E-state index contributed by atoms with van der Waals surface area (Å²) in [6.45, 7) is 9.66. The van der Waals surface area contributed by atoms with Gasteiger partial charge in [-0.05, 0) is 24.7 Å². The molecule has 92 valence electrons. The number of likely N-dealkylation sites (tertiary alicyclic amines) is 1. The summed E-state index contributed by atoms with van der Waals surface area (Å²) in [4.78, 5) is 14.3. The van der Waals surface area contributed by atoms with Crippen LogP contribution in [-0.4, -0.2) is 29.4 Å². The number of amides is 1. The van der Waals surface area contributed by atoms with E-state index in [1.165, 1.54) is 12.8 Å². The fraction of sp³-hybridized carbons (Fsp3) is 0.923. The zero-order valence-corrected chi connectivity index (χ0v) is 10.9. The van der Waals surface area contributed by atoms with E-state index < -0.39 is 0 Å². The first-order chi connectivity index (χ1) is 7.41. The van der Waals surface area contributed by atoms with Crippen LogP contribution in [0.5, 0.6) is 0 Å². The van der Waals surface area contributed by atoms with Gasteiger partial charge in [-0.15, -0.1) is 0 Å². The van der Waals surface area contributed by atoms with Crippen molar-refractivity contribution in [1.29, 1.82) is 0 Å². The van der Waals surface area contributed by atoms with Gasteiger partial charge in [0.2, 0.25) is 5.91 Å². The van der Waals surface area contributed by atoms with Crippen molar-refractivity contribution < 1.29 is 4.79 Å². The van der Waals surface area contributed by atoms with E-state index in [4.69, 9.17) is 5.73 Å². The second kappa shape index (κ2) is 3.73. The molecule has 1 aliphatic carbocycles. The van der Waals surface area contributed by atoms with E-state index in [0.717, 1.165) is 6.54 Å². The highest BCUT2D eigenvalue weighted by Gasteiger charge is 2.56. The zero-order chi connectivity index (χ0) is 12.1. The molecule has 1 amide bonds. The van der Waals surface area contributed by atoms with Crippen LogP contribution in [0.1, 0.15) is 40.5 Å². The molecule has 0 radical (unpaired) electrons. The third kappa shape index (κ3) is 1.48. The minimum atomic E-state index is -0.298. The first-order valence-corrected chi connectivity index (χ1v) is 6.47. The summed E-state index contributed by atoms with van der Waals surface area (Å²) >= 11 is 0. The van der Waals surface area contributed by atoms with E-state index in [2.05, 4.69) is 27.7 Å². The van der Waals surface area contributed by atoms with Crippen LogP contribution in [-0.2, 0) is 4.79 Å². The fourth-order valence-electron chi connectivity index (χ4n) is 3.33. The Kier molecular flexibility index (Phi) is 2.77. The molecule has 0 aromatic rings. The maximum atomic E-state index is 12.2. The molecule has 0 spiro atoms. The SMILES string of the molecule is CC(C)C1(C(C)C)CN(C2CC2)C(=O)[C@H]1N. The predicted molar refractivity (Wildman–Crippen MR) is 64.8 cm³/mol. The number of nitrogens with zero attached hydrogens (tertiary/aromatic N) is 1. The first-order valence-electron chi connectivity index (χ1n) is 6.47. The number of carbonyl (C=O) groups excluding carboxylic acids is 1. The van der Waals surface area contributed by atoms with Crippen molar-refractivity contribution in [3.8, 4) is 0 Å². The Morgan fingerprint density at radius 1 is 1.25 bits per heavy atom. The summed E-state index contributed by atoms with van der Waals surface area (Å²) in [6, 6.07) is 0.200. The third-order valence-electron chi connectivity index (χ3n) is 4.71. The lowest BCUT2D eigenvalue weighted by molar-refractivity contribution is -0.129. The van der Waals surface area contributed by atoms with Gasteiger partial charge < -0.3 is 10.6 Å². The Hall–Kier alpha value is -0.570. The topological polar surface area (TPSA) is 46.3 Å². The quantitative estimate of drug-likeness (QED) is 0.791. The van der Waals surface area contributed by atoms with Crippen LogP contribution in [0.15, 0.2) is 0 Å². The lowest BCUT2D eigenvalue weighted by Gasteiger charge is -2.39. The van der Waals surface area contributed by atoms with E-state index >= 15 is 0 Å². The molecule has 0 bridgehead atoms. The summed E-state index contributed by atoms with van der Waals surface area (Å²) in [5.74, 6) is 1.09. The van der Waals surface area contributed by atoms with Crippen molar-refractivity contribution in [2.24, 2.45) is 23.0 Å². The number of rotatable bonds is 3. The molecule has 2 N–H and O–H groups in total. The molecular formula is C13H24N2O. The average Bonchev–Trinajstić information content (AvgIpc) is 2.97. The molecule has 1 aliphatic heterocycles. The molecule has 0 unspecified atom stereocenters. The van der Waals surface area contributed by atoms with Gasteiger partial charge >= 0.3 is 0 Å². The monoisotopic (exact) mass is 224 g/mol. The standard InChI is InChI=1S/C13H24N2O/c1-8(2)13(9(3)4)7-15(10-5-6-10)12(16)11(13)14/h8-11H,5-7,14H2,1-4H3/t11-/m1/s1. The van der Waals surface area contributed by atoms with Gasteiger partial charge in [0.15, 0.2) is 0 Å². The van der Waals surface area contributed by atoms with E-state index in [9.17, 15) is 4.79 Å². The largest absolute Gasteiger partial charge is 0.338 e. The van der Waals surface area contributed by atoms with Crippen molar-refractivity contribution in [1.82, 2.24) is 4.90 Å². The van der Waals surface area contributed by atoms with Crippen molar-refractivity contribution in [2.45, 2.75) is 52.6 Å². The molecule has 16 heavy (non-hydrogen) atoms. The molecule has 0 aromatic heterocycles. The maximum absolute atomic E-state index is 12.2. The summed E-state index contributed by atoms with van der Waals surface area (Å²) in [5, 5.41) is 0. The molecule has 2 fully saturated rings. The Balaban J connectivity index is 2.29. The van der Waals surface area contributed by atoms with Crippen molar-refractivity contribution in [3.63, 3.8) is 0 Å². The lowest BCUT2D eigenvalue weighted by atomic mass is 9.66. The summed E-state index contributed by atoms with van der Waals surface area (Å²) < 4.78 is 0. The van der Waals surface area contributed by atoms with Crippen molar-refractivity contribution in [2.75, 3.05) is 6.54 Å². The van der Waals surface area contributed by atoms with E-state index in [1.807, 2.05) is 4.90 Å². The normalized spacial score (nSPS) is 29.6. The minimum absolute atomic E-state index is 0.0281. The maximum Gasteiger partial charge on any atom is 0.240 e. The molecule has 1 atom stereocenters. The molecule has 0 aromatic carbocycles. The molecule has 3 nitrogen and oxygen atoms in total. The van der Waals surface area contributed by atoms with Crippen molar-refractivity contribution >= 4 is 5.91 Å². The molecule has 3 heteroatoms. The number of carbonyl (C=O) groups is 1. The Morgan fingerprint density at radius 3 is 2.06 bits per heavy atom. The first kappa shape index (κ1) is 11.9. The van der Waals surface area contributed by atoms with Gasteiger partial charge in [0.05, 0.1) is 6.04 Å². The van der Waals surface area contributed by atoms with Crippen LogP contribution in [0.25, 0.3) is 0 Å². The Bertz CT molecular complexity index is 286.